The molecule has 0 amide bonds. The highest BCUT2D eigenvalue weighted by molar-refractivity contribution is 6.30. The van der Waals surface area contributed by atoms with E-state index >= 15 is 0 Å². The fraction of sp³-hybridized carbons (Fsp3) is 0.389. The van der Waals surface area contributed by atoms with Gasteiger partial charge in [-0.1, -0.05) is 23.7 Å². The summed E-state index contributed by atoms with van der Waals surface area (Å²) in [7, 11) is 0. The Morgan fingerprint density at radius 2 is 1.85 bits per heavy atom. The minimum absolute atomic E-state index is 0.00906. The molecule has 3 aromatic rings. The molecule has 0 aliphatic rings. The summed E-state index contributed by atoms with van der Waals surface area (Å²) in [5.41, 5.74) is 8.48. The van der Waals surface area contributed by atoms with Crippen LogP contribution in [0.3, 0.4) is 0 Å². The lowest BCUT2D eigenvalue weighted by molar-refractivity contribution is 0.612. The average molecular weight is 374 g/mol. The van der Waals surface area contributed by atoms with Gasteiger partial charge in [0.15, 0.2) is 17.0 Å². The molecule has 1 atom stereocenters. The van der Waals surface area contributed by atoms with Gasteiger partial charge in [-0.05, 0) is 38.5 Å². The van der Waals surface area contributed by atoms with E-state index < -0.39 is 0 Å². The number of hydrogen-bond donors (Lipinski definition) is 3. The van der Waals surface area contributed by atoms with Gasteiger partial charge in [-0.25, -0.2) is 4.98 Å². The van der Waals surface area contributed by atoms with Crippen molar-refractivity contribution in [3.05, 3.63) is 41.2 Å². The molecule has 2 heterocycles. The Hall–Kier alpha value is -2.38. The summed E-state index contributed by atoms with van der Waals surface area (Å²) >= 11 is 5.95. The fourth-order valence-electron chi connectivity index (χ4n) is 2.54. The molecule has 1 unspecified atom stereocenters. The second kappa shape index (κ2) is 7.88. The lowest BCUT2D eigenvalue weighted by Crippen LogP contribution is -2.26. The van der Waals surface area contributed by atoms with Crippen molar-refractivity contribution in [2.45, 2.75) is 39.4 Å². The van der Waals surface area contributed by atoms with Crippen molar-refractivity contribution in [2.75, 3.05) is 17.2 Å². The van der Waals surface area contributed by atoms with Crippen LogP contribution in [-0.2, 0) is 6.54 Å². The summed E-state index contributed by atoms with van der Waals surface area (Å²) < 4.78 is 2.03. The largest absolute Gasteiger partial charge is 0.364 e. The zero-order chi connectivity index (χ0) is 18.7. The molecule has 26 heavy (non-hydrogen) atoms. The first kappa shape index (κ1) is 18.4. The van der Waals surface area contributed by atoms with E-state index in [9.17, 15) is 0 Å². The first-order valence-corrected chi connectivity index (χ1v) is 9.04. The molecular formula is C18H24ClN7. The van der Waals surface area contributed by atoms with Gasteiger partial charge in [-0.2, -0.15) is 9.97 Å². The number of imidazole rings is 1. The Morgan fingerprint density at radius 1 is 1.12 bits per heavy atom. The van der Waals surface area contributed by atoms with Gasteiger partial charge in [0.05, 0.1) is 6.33 Å². The molecule has 0 saturated carbocycles. The number of nitrogens with zero attached hydrogens (tertiary/aromatic N) is 4. The normalized spacial score (nSPS) is 12.5. The molecule has 0 fully saturated rings. The van der Waals surface area contributed by atoms with E-state index in [1.54, 1.807) is 6.33 Å². The predicted molar refractivity (Wildman–Crippen MR) is 107 cm³/mol. The summed E-state index contributed by atoms with van der Waals surface area (Å²) in [5.74, 6) is 1.23. The van der Waals surface area contributed by atoms with Crippen molar-refractivity contribution in [3.63, 3.8) is 0 Å². The average Bonchev–Trinajstić information content (AvgIpc) is 3.03. The lowest BCUT2D eigenvalue weighted by atomic mass is 10.2. The summed E-state index contributed by atoms with van der Waals surface area (Å²) in [6, 6.07) is 7.97. The van der Waals surface area contributed by atoms with Gasteiger partial charge in [0.2, 0.25) is 5.95 Å². The van der Waals surface area contributed by atoms with E-state index in [4.69, 9.17) is 17.3 Å². The van der Waals surface area contributed by atoms with Gasteiger partial charge >= 0.3 is 0 Å². The fourth-order valence-corrected chi connectivity index (χ4v) is 2.66. The number of fused-ring (bicyclic) bond motifs is 1. The van der Waals surface area contributed by atoms with Gasteiger partial charge in [-0.3, -0.25) is 0 Å². The third-order valence-corrected chi connectivity index (χ3v) is 4.19. The van der Waals surface area contributed by atoms with Crippen LogP contribution in [-0.4, -0.2) is 32.1 Å². The monoisotopic (exact) mass is 373 g/mol. The summed E-state index contributed by atoms with van der Waals surface area (Å²) in [5, 5.41) is 7.27. The van der Waals surface area contributed by atoms with Crippen molar-refractivity contribution >= 4 is 34.5 Å². The third kappa shape index (κ3) is 4.23. The van der Waals surface area contributed by atoms with E-state index in [2.05, 4.69) is 39.4 Å². The van der Waals surface area contributed by atoms with E-state index in [1.807, 2.05) is 35.8 Å². The molecule has 0 bridgehead atoms. The second-order valence-electron chi connectivity index (χ2n) is 6.65. The molecule has 8 heteroatoms. The zero-order valence-electron chi connectivity index (χ0n) is 15.2. The maximum Gasteiger partial charge on any atom is 0.226 e. The molecule has 0 saturated heterocycles. The molecule has 7 nitrogen and oxygen atoms in total. The summed E-state index contributed by atoms with van der Waals surface area (Å²) in [4.78, 5) is 13.7. The minimum atomic E-state index is 0.00906. The molecule has 3 rings (SSSR count). The second-order valence-corrected chi connectivity index (χ2v) is 7.09. The van der Waals surface area contributed by atoms with Crippen molar-refractivity contribution in [2.24, 2.45) is 5.73 Å². The maximum absolute atomic E-state index is 5.95. The number of halogens is 1. The van der Waals surface area contributed by atoms with Crippen LogP contribution in [0.2, 0.25) is 5.02 Å². The third-order valence-electron chi connectivity index (χ3n) is 3.93. The number of hydrogen-bond acceptors (Lipinski definition) is 6. The highest BCUT2D eigenvalue weighted by Gasteiger charge is 2.15. The van der Waals surface area contributed by atoms with Crippen LogP contribution in [0.15, 0.2) is 30.6 Å². The highest BCUT2D eigenvalue weighted by Crippen LogP contribution is 2.24. The topological polar surface area (TPSA) is 93.7 Å². The van der Waals surface area contributed by atoms with E-state index in [-0.39, 0.29) is 12.1 Å². The molecule has 0 aliphatic carbocycles. The van der Waals surface area contributed by atoms with Crippen LogP contribution >= 0.6 is 11.6 Å². The smallest absolute Gasteiger partial charge is 0.226 e. The Labute approximate surface area is 158 Å². The molecule has 0 radical (unpaired) electrons. The van der Waals surface area contributed by atoms with E-state index in [0.717, 1.165) is 21.7 Å². The van der Waals surface area contributed by atoms with Crippen molar-refractivity contribution in [1.82, 2.24) is 19.5 Å². The Morgan fingerprint density at radius 3 is 2.50 bits per heavy atom. The zero-order valence-corrected chi connectivity index (χ0v) is 16.0. The minimum Gasteiger partial charge on any atom is -0.364 e. The van der Waals surface area contributed by atoms with Gasteiger partial charge in [0, 0.05) is 30.2 Å². The van der Waals surface area contributed by atoms with Gasteiger partial charge < -0.3 is 20.9 Å². The standard InChI is InChI=1S/C18H24ClN7/c1-11(2)26-10-23-15-16(21-9-13-4-6-14(19)7-5-13)24-18(25-17(15)26)22-8-12(3)20/h4-7,10-12H,8-9,20H2,1-3H3,(H2,21,22,24,25). The highest BCUT2D eigenvalue weighted by atomic mass is 35.5. The molecular weight excluding hydrogens is 350 g/mol. The first-order chi connectivity index (χ1) is 12.4. The lowest BCUT2D eigenvalue weighted by Gasteiger charge is -2.13. The Bertz CT molecular complexity index is 871. The molecule has 0 spiro atoms. The number of benzene rings is 1. The molecule has 2 aromatic heterocycles. The van der Waals surface area contributed by atoms with Gasteiger partial charge in [0.25, 0.3) is 0 Å². The predicted octanol–water partition coefficient (Wildman–Crippen LogP) is 3.43. The summed E-state index contributed by atoms with van der Waals surface area (Å²) in [6.07, 6.45) is 1.80. The van der Waals surface area contributed by atoms with Crippen LogP contribution in [0.25, 0.3) is 11.2 Å². The Kier molecular flexibility index (Phi) is 5.58. The van der Waals surface area contributed by atoms with Crippen LogP contribution in [0.1, 0.15) is 32.4 Å². The number of nitrogens with one attached hydrogen (secondary N) is 2. The van der Waals surface area contributed by atoms with Crippen LogP contribution < -0.4 is 16.4 Å². The molecule has 4 N–H and O–H groups in total. The van der Waals surface area contributed by atoms with Crippen LogP contribution in [0.4, 0.5) is 11.8 Å². The van der Waals surface area contributed by atoms with Crippen molar-refractivity contribution in [1.29, 1.82) is 0 Å². The number of aromatic nitrogens is 4. The number of nitrogens with two attached hydrogens (primary N) is 1. The summed E-state index contributed by atoms with van der Waals surface area (Å²) in [6.45, 7) is 7.34. The van der Waals surface area contributed by atoms with Crippen molar-refractivity contribution < 1.29 is 0 Å². The Balaban J connectivity index is 1.92. The van der Waals surface area contributed by atoms with Gasteiger partial charge in [-0.15, -0.1) is 0 Å². The quantitative estimate of drug-likeness (QED) is 0.587. The van der Waals surface area contributed by atoms with Gasteiger partial charge in [0.1, 0.15) is 0 Å². The molecule has 0 aliphatic heterocycles. The molecule has 1 aromatic carbocycles. The SMILES string of the molecule is CC(N)CNc1nc(NCc2ccc(Cl)cc2)c2ncn(C(C)C)c2n1. The molecule has 138 valence electrons. The van der Waals surface area contributed by atoms with Crippen LogP contribution in [0, 0.1) is 0 Å². The van der Waals surface area contributed by atoms with Crippen LogP contribution in [0.5, 0.6) is 0 Å². The van der Waals surface area contributed by atoms with E-state index in [1.165, 1.54) is 0 Å². The van der Waals surface area contributed by atoms with E-state index in [0.29, 0.717) is 24.9 Å². The van der Waals surface area contributed by atoms with Crippen molar-refractivity contribution in [3.8, 4) is 0 Å². The number of anilines is 2. The number of rotatable bonds is 7. The first-order valence-electron chi connectivity index (χ1n) is 8.66. The maximum atomic E-state index is 5.95.